The molecule has 3 rings (SSSR count). The lowest BCUT2D eigenvalue weighted by atomic mass is 10.1. The van der Waals surface area contributed by atoms with Gasteiger partial charge in [-0.3, -0.25) is 18.5 Å². The van der Waals surface area contributed by atoms with E-state index < -0.39 is 84.0 Å². The summed E-state index contributed by atoms with van der Waals surface area (Å²) in [5, 5.41) is 20.7. The van der Waals surface area contributed by atoms with Crippen molar-refractivity contribution >= 4 is 39.4 Å². The summed E-state index contributed by atoms with van der Waals surface area (Å²) in [5.74, 6) is -1.75. The second-order valence-corrected chi connectivity index (χ2v) is 13.3. The van der Waals surface area contributed by atoms with Crippen LogP contribution in [0.5, 0.6) is 0 Å². The van der Waals surface area contributed by atoms with Crippen LogP contribution in [-0.2, 0) is 44.5 Å². The van der Waals surface area contributed by atoms with E-state index in [2.05, 4.69) is 29.1 Å². The predicted octanol–water partition coefficient (Wildman–Crippen LogP) is 0.256. The number of aliphatic hydroxyl groups excluding tert-OH is 2. The molecular formula is C17H20BrF2N2O15P3. The first kappa shape index (κ1) is 33.0. The Balaban J connectivity index is 1.77. The maximum absolute atomic E-state index is 14.0. The molecule has 0 radical (unpaired) electrons. The lowest BCUT2D eigenvalue weighted by Crippen LogP contribution is -2.44. The van der Waals surface area contributed by atoms with Crippen LogP contribution in [0.3, 0.4) is 0 Å². The van der Waals surface area contributed by atoms with Gasteiger partial charge in [-0.2, -0.15) is 8.62 Å². The fraction of sp³-hybridized carbons (Fsp3) is 0.412. The monoisotopic (exact) mass is 702 g/mol. The maximum Gasteiger partial charge on any atom is 0.490 e. The molecular weight excluding hydrogens is 683 g/mol. The summed E-state index contributed by atoms with van der Waals surface area (Å²) in [6.07, 6.45) is -6.59. The first-order valence-electron chi connectivity index (χ1n) is 10.6. The SMILES string of the molecule is O=c1c(Br)cn([C@@H]2O[C@H](COP(=O)(O)OP(=O)(O)OP(=O)(O)O)[C@H](O)C2O)c(=O)n1CCc1ccc(F)cc1F. The van der Waals surface area contributed by atoms with Crippen LogP contribution in [0.1, 0.15) is 11.8 Å². The number of aryl methyl sites for hydroxylation is 1. The Morgan fingerprint density at radius 3 is 2.25 bits per heavy atom. The largest absolute Gasteiger partial charge is 0.490 e. The molecule has 0 saturated carbocycles. The Bertz CT molecular complexity index is 1530. The minimum atomic E-state index is -5.82. The van der Waals surface area contributed by atoms with Crippen molar-refractivity contribution in [3.05, 3.63) is 66.9 Å². The topological polar surface area (TPSA) is 254 Å². The fourth-order valence-electron chi connectivity index (χ4n) is 3.49. The van der Waals surface area contributed by atoms with Crippen LogP contribution in [-0.4, -0.2) is 63.8 Å². The van der Waals surface area contributed by atoms with Crippen molar-refractivity contribution in [2.75, 3.05) is 6.61 Å². The summed E-state index contributed by atoms with van der Waals surface area (Å²) in [6, 6.07) is 2.71. The third-order valence-electron chi connectivity index (χ3n) is 5.20. The molecule has 3 unspecified atom stereocenters. The number of phosphoric ester groups is 1. The van der Waals surface area contributed by atoms with Gasteiger partial charge in [0.2, 0.25) is 0 Å². The number of benzene rings is 1. The van der Waals surface area contributed by atoms with Gasteiger partial charge in [-0.1, -0.05) is 6.07 Å². The zero-order chi connectivity index (χ0) is 30.2. The van der Waals surface area contributed by atoms with Gasteiger partial charge in [-0.25, -0.2) is 27.3 Å². The summed E-state index contributed by atoms with van der Waals surface area (Å²) in [6.45, 7) is -1.54. The second kappa shape index (κ2) is 12.4. The zero-order valence-corrected chi connectivity index (χ0v) is 23.7. The molecule has 1 aromatic heterocycles. The molecule has 23 heteroatoms. The van der Waals surface area contributed by atoms with Gasteiger partial charge in [0.25, 0.3) is 5.56 Å². The highest BCUT2D eigenvalue weighted by molar-refractivity contribution is 9.10. The van der Waals surface area contributed by atoms with Crippen molar-refractivity contribution in [3.63, 3.8) is 0 Å². The van der Waals surface area contributed by atoms with Gasteiger partial charge in [-0.05, 0) is 34.0 Å². The van der Waals surface area contributed by atoms with Gasteiger partial charge in [0.15, 0.2) is 6.23 Å². The molecule has 0 amide bonds. The quantitative estimate of drug-likeness (QED) is 0.172. The van der Waals surface area contributed by atoms with Crippen molar-refractivity contribution in [1.29, 1.82) is 0 Å². The molecule has 2 aromatic rings. The smallest absolute Gasteiger partial charge is 0.387 e. The Morgan fingerprint density at radius 1 is 1.00 bits per heavy atom. The molecule has 17 nitrogen and oxygen atoms in total. The Labute approximate surface area is 229 Å². The van der Waals surface area contributed by atoms with Crippen molar-refractivity contribution in [3.8, 4) is 0 Å². The average Bonchev–Trinajstić information content (AvgIpc) is 3.07. The Hall–Kier alpha value is -1.47. The number of nitrogens with zero attached hydrogens (tertiary/aromatic N) is 2. The van der Waals surface area contributed by atoms with Crippen molar-refractivity contribution in [2.45, 2.75) is 37.5 Å². The normalized spacial score (nSPS) is 24.5. The number of phosphoric acid groups is 3. The van der Waals surface area contributed by atoms with E-state index in [1.54, 1.807) is 0 Å². The Kier molecular flexibility index (Phi) is 10.2. The second-order valence-electron chi connectivity index (χ2n) is 8.04. The van der Waals surface area contributed by atoms with Crippen molar-refractivity contribution in [2.24, 2.45) is 0 Å². The van der Waals surface area contributed by atoms with E-state index in [0.29, 0.717) is 15.2 Å². The molecule has 1 aliphatic heterocycles. The van der Waals surface area contributed by atoms with Crippen LogP contribution >= 0.6 is 39.4 Å². The van der Waals surface area contributed by atoms with Crippen LogP contribution in [0.4, 0.5) is 8.78 Å². The van der Waals surface area contributed by atoms with Crippen LogP contribution in [0.2, 0.25) is 0 Å². The molecule has 2 heterocycles. The summed E-state index contributed by atoms with van der Waals surface area (Å²) in [4.78, 5) is 61.4. The molecule has 1 aromatic carbocycles. The van der Waals surface area contributed by atoms with Crippen LogP contribution < -0.4 is 11.2 Å². The minimum absolute atomic E-state index is 0.0155. The van der Waals surface area contributed by atoms with Gasteiger partial charge in [-0.15, -0.1) is 0 Å². The molecule has 1 saturated heterocycles. The first-order chi connectivity index (χ1) is 18.3. The highest BCUT2D eigenvalue weighted by atomic mass is 79.9. The molecule has 40 heavy (non-hydrogen) atoms. The summed E-state index contributed by atoms with van der Waals surface area (Å²) >= 11 is 2.94. The molecule has 1 fully saturated rings. The molecule has 0 spiro atoms. The number of halogens is 3. The predicted molar refractivity (Wildman–Crippen MR) is 128 cm³/mol. The van der Waals surface area contributed by atoms with Gasteiger partial charge in [0.05, 0.1) is 11.1 Å². The number of hydrogen-bond donors (Lipinski definition) is 6. The molecule has 0 bridgehead atoms. The van der Waals surface area contributed by atoms with E-state index in [9.17, 15) is 52.1 Å². The first-order valence-corrected chi connectivity index (χ1v) is 15.9. The van der Waals surface area contributed by atoms with Gasteiger partial charge >= 0.3 is 29.2 Å². The van der Waals surface area contributed by atoms with E-state index in [4.69, 9.17) is 14.5 Å². The highest BCUT2D eigenvalue weighted by Crippen LogP contribution is 2.66. The van der Waals surface area contributed by atoms with E-state index in [1.165, 1.54) is 0 Å². The van der Waals surface area contributed by atoms with E-state index in [1.807, 2.05) is 0 Å². The van der Waals surface area contributed by atoms with Crippen molar-refractivity contribution < 1.29 is 70.1 Å². The van der Waals surface area contributed by atoms with Gasteiger partial charge < -0.3 is 34.5 Å². The lowest BCUT2D eigenvalue weighted by Gasteiger charge is -2.20. The van der Waals surface area contributed by atoms with Crippen LogP contribution in [0, 0.1) is 11.6 Å². The minimum Gasteiger partial charge on any atom is -0.387 e. The number of ether oxygens (including phenoxy) is 1. The third kappa shape index (κ3) is 8.30. The van der Waals surface area contributed by atoms with Crippen LogP contribution in [0.15, 0.2) is 38.5 Å². The lowest BCUT2D eigenvalue weighted by molar-refractivity contribution is -0.0549. The van der Waals surface area contributed by atoms with Crippen molar-refractivity contribution in [1.82, 2.24) is 9.13 Å². The molecule has 0 aliphatic carbocycles. The third-order valence-corrected chi connectivity index (χ3v) is 9.55. The van der Waals surface area contributed by atoms with Crippen LogP contribution in [0.25, 0.3) is 0 Å². The summed E-state index contributed by atoms with van der Waals surface area (Å²) < 4.78 is 79.1. The molecule has 224 valence electrons. The molecule has 6 N–H and O–H groups in total. The number of aliphatic hydroxyl groups is 2. The Morgan fingerprint density at radius 2 is 1.65 bits per heavy atom. The maximum atomic E-state index is 14.0. The molecule has 6 atom stereocenters. The van der Waals surface area contributed by atoms with E-state index >= 15 is 0 Å². The van der Waals surface area contributed by atoms with E-state index in [0.717, 1.165) is 18.3 Å². The number of hydrogen-bond acceptors (Lipinski definition) is 11. The highest BCUT2D eigenvalue weighted by Gasteiger charge is 2.47. The fourth-order valence-corrected chi connectivity index (χ4v) is 6.96. The standard InChI is InChI=1S/C17H20BrF2N2O15P3/c18-10-6-22(17(26)21(15(10)25)4-3-8-1-2-9(19)5-11(8)20)16-14(24)13(23)12(35-16)7-34-39(30,31)37-40(32,33)36-38(27,28)29/h1-2,5-6,12-14,16,23-24H,3-4,7H2,(H,30,31)(H,32,33)(H2,27,28,29)/t12-,13+,14?,16-/m1/s1. The average molecular weight is 703 g/mol. The number of aromatic nitrogens is 2. The summed E-state index contributed by atoms with van der Waals surface area (Å²) in [7, 11) is -17.1. The van der Waals surface area contributed by atoms with E-state index in [-0.39, 0.29) is 16.5 Å². The number of rotatable bonds is 11. The summed E-state index contributed by atoms with van der Waals surface area (Å²) in [5.41, 5.74) is -1.97. The zero-order valence-electron chi connectivity index (χ0n) is 19.5. The van der Waals surface area contributed by atoms with Gasteiger partial charge in [0.1, 0.15) is 29.9 Å². The van der Waals surface area contributed by atoms with Gasteiger partial charge in [0, 0.05) is 18.8 Å². The molecule has 1 aliphatic rings.